The first kappa shape index (κ1) is 27.8. The van der Waals surface area contributed by atoms with Crippen molar-refractivity contribution in [1.29, 1.82) is 0 Å². The third kappa shape index (κ3) is 17.9. The minimum atomic E-state index is -1.35. The van der Waals surface area contributed by atoms with Gasteiger partial charge in [0.05, 0.1) is 13.2 Å². The summed E-state index contributed by atoms with van der Waals surface area (Å²) in [5.74, 6) is -2.18. The molecule has 0 aliphatic heterocycles. The van der Waals surface area contributed by atoms with Gasteiger partial charge in [0.15, 0.2) is 0 Å². The lowest BCUT2D eigenvalue weighted by atomic mass is 10.1. The van der Waals surface area contributed by atoms with Crippen molar-refractivity contribution in [1.82, 2.24) is 10.6 Å². The number of hydrogen-bond donors (Lipinski definition) is 4. The van der Waals surface area contributed by atoms with E-state index in [1.165, 1.54) is 25.7 Å². The van der Waals surface area contributed by atoms with Crippen LogP contribution in [0.15, 0.2) is 24.3 Å². The van der Waals surface area contributed by atoms with Crippen LogP contribution in [0.25, 0.3) is 0 Å². The van der Waals surface area contributed by atoms with Crippen molar-refractivity contribution in [2.24, 2.45) is 0 Å². The molecule has 172 valence electrons. The van der Waals surface area contributed by atoms with Crippen LogP contribution in [-0.4, -0.2) is 47.2 Å². The standard InChI is InChI=1S/C23H40N2O5/c1-2-3-4-5-6-7-8-9-10-11-12-13-14-15-16-17-21(27)24-18-22(28)25-20(19-26)23(29)30/h6-7,9-10,20,26H,2-5,8,11-19H2,1H3,(H,24,27)(H,25,28)(H,29,30)/t20-/m0/s1. The van der Waals surface area contributed by atoms with Crippen molar-refractivity contribution in [3.05, 3.63) is 24.3 Å². The van der Waals surface area contributed by atoms with E-state index >= 15 is 0 Å². The molecule has 0 spiro atoms. The Hall–Kier alpha value is -2.15. The summed E-state index contributed by atoms with van der Waals surface area (Å²) in [5.41, 5.74) is 0. The number of unbranched alkanes of at least 4 members (excludes halogenated alkanes) is 8. The molecule has 0 bridgehead atoms. The molecule has 0 fully saturated rings. The normalized spacial score (nSPS) is 12.3. The molecule has 2 amide bonds. The van der Waals surface area contributed by atoms with Crippen molar-refractivity contribution in [2.45, 2.75) is 90.0 Å². The molecule has 0 aromatic heterocycles. The van der Waals surface area contributed by atoms with Crippen LogP contribution >= 0.6 is 0 Å². The molecule has 1 atom stereocenters. The monoisotopic (exact) mass is 424 g/mol. The number of aliphatic carboxylic acids is 1. The van der Waals surface area contributed by atoms with E-state index in [1.54, 1.807) is 0 Å². The Bertz CT molecular complexity index is 532. The SMILES string of the molecule is CCCCCC=CCC=CCCCCCCCC(=O)NCC(=O)N[C@@H](CO)C(=O)O. The predicted octanol–water partition coefficient (Wildman–Crippen LogP) is 3.48. The second-order valence-corrected chi connectivity index (χ2v) is 7.40. The number of amides is 2. The Labute approximate surface area is 181 Å². The van der Waals surface area contributed by atoms with Gasteiger partial charge in [0.25, 0.3) is 0 Å². The first-order chi connectivity index (χ1) is 14.5. The zero-order valence-electron chi connectivity index (χ0n) is 18.4. The maximum Gasteiger partial charge on any atom is 0.328 e. The Morgan fingerprint density at radius 2 is 1.43 bits per heavy atom. The Kier molecular flexibility index (Phi) is 18.7. The minimum Gasteiger partial charge on any atom is -0.480 e. The summed E-state index contributed by atoms with van der Waals surface area (Å²) in [4.78, 5) is 33.9. The van der Waals surface area contributed by atoms with Crippen molar-refractivity contribution >= 4 is 17.8 Å². The molecule has 30 heavy (non-hydrogen) atoms. The van der Waals surface area contributed by atoms with Crippen LogP contribution in [0.3, 0.4) is 0 Å². The second-order valence-electron chi connectivity index (χ2n) is 7.40. The van der Waals surface area contributed by atoms with Crippen LogP contribution in [0.4, 0.5) is 0 Å². The molecule has 0 unspecified atom stereocenters. The van der Waals surface area contributed by atoms with E-state index in [0.717, 1.165) is 44.9 Å². The lowest BCUT2D eigenvalue weighted by Crippen LogP contribution is -2.47. The van der Waals surface area contributed by atoms with Crippen LogP contribution in [0, 0.1) is 0 Å². The number of allylic oxidation sites excluding steroid dienone is 4. The summed E-state index contributed by atoms with van der Waals surface area (Å²) in [7, 11) is 0. The Balaban J connectivity index is 3.53. The van der Waals surface area contributed by atoms with Gasteiger partial charge in [-0.3, -0.25) is 9.59 Å². The average Bonchev–Trinajstić information content (AvgIpc) is 2.73. The summed E-state index contributed by atoms with van der Waals surface area (Å²) < 4.78 is 0. The molecule has 7 heteroatoms. The quantitative estimate of drug-likeness (QED) is 0.187. The zero-order chi connectivity index (χ0) is 22.5. The fourth-order valence-corrected chi connectivity index (χ4v) is 2.80. The maximum absolute atomic E-state index is 11.7. The molecule has 0 saturated heterocycles. The molecule has 0 aromatic rings. The van der Waals surface area contributed by atoms with Gasteiger partial charge in [0.1, 0.15) is 6.04 Å². The molecular formula is C23H40N2O5. The summed E-state index contributed by atoms with van der Waals surface area (Å²) in [6, 6.07) is -1.35. The summed E-state index contributed by atoms with van der Waals surface area (Å²) >= 11 is 0. The lowest BCUT2D eigenvalue weighted by Gasteiger charge is -2.12. The first-order valence-electron chi connectivity index (χ1n) is 11.2. The largest absolute Gasteiger partial charge is 0.480 e. The predicted molar refractivity (Wildman–Crippen MR) is 119 cm³/mol. The Morgan fingerprint density at radius 3 is 2.03 bits per heavy atom. The van der Waals surface area contributed by atoms with Crippen LogP contribution in [0.2, 0.25) is 0 Å². The lowest BCUT2D eigenvalue weighted by molar-refractivity contribution is -0.142. The maximum atomic E-state index is 11.7. The number of carbonyl (C=O) groups is 3. The van der Waals surface area contributed by atoms with E-state index in [4.69, 9.17) is 10.2 Å². The van der Waals surface area contributed by atoms with Gasteiger partial charge < -0.3 is 20.8 Å². The number of aliphatic hydroxyl groups excluding tert-OH is 1. The molecule has 0 saturated carbocycles. The highest BCUT2D eigenvalue weighted by atomic mass is 16.4. The van der Waals surface area contributed by atoms with Gasteiger partial charge in [-0.2, -0.15) is 0 Å². The van der Waals surface area contributed by atoms with Gasteiger partial charge in [0.2, 0.25) is 11.8 Å². The molecule has 0 heterocycles. The van der Waals surface area contributed by atoms with E-state index in [2.05, 4.69) is 41.9 Å². The van der Waals surface area contributed by atoms with E-state index in [-0.39, 0.29) is 12.5 Å². The Morgan fingerprint density at radius 1 is 0.833 bits per heavy atom. The number of hydrogen-bond acceptors (Lipinski definition) is 4. The highest BCUT2D eigenvalue weighted by molar-refractivity contribution is 5.87. The molecule has 0 aliphatic carbocycles. The number of rotatable bonds is 19. The molecule has 0 aromatic carbocycles. The third-order valence-electron chi connectivity index (χ3n) is 4.62. The molecule has 7 nitrogen and oxygen atoms in total. The van der Waals surface area contributed by atoms with Gasteiger partial charge in [-0.15, -0.1) is 0 Å². The smallest absolute Gasteiger partial charge is 0.328 e. The highest BCUT2D eigenvalue weighted by Crippen LogP contribution is 2.08. The van der Waals surface area contributed by atoms with Crippen molar-refractivity contribution < 1.29 is 24.6 Å². The van der Waals surface area contributed by atoms with E-state index in [0.29, 0.717) is 6.42 Å². The zero-order valence-corrected chi connectivity index (χ0v) is 18.4. The number of aliphatic hydroxyl groups is 1. The number of nitrogens with one attached hydrogen (secondary N) is 2. The van der Waals surface area contributed by atoms with E-state index < -0.39 is 24.5 Å². The first-order valence-corrected chi connectivity index (χ1v) is 11.2. The number of carboxylic acid groups (broad SMARTS) is 1. The van der Waals surface area contributed by atoms with Crippen LogP contribution in [-0.2, 0) is 14.4 Å². The van der Waals surface area contributed by atoms with Gasteiger partial charge in [-0.05, 0) is 38.5 Å². The fourth-order valence-electron chi connectivity index (χ4n) is 2.80. The second kappa shape index (κ2) is 20.1. The summed E-state index contributed by atoms with van der Waals surface area (Å²) in [6.07, 6.45) is 21.5. The fraction of sp³-hybridized carbons (Fsp3) is 0.696. The topological polar surface area (TPSA) is 116 Å². The van der Waals surface area contributed by atoms with Gasteiger partial charge in [0, 0.05) is 6.42 Å². The van der Waals surface area contributed by atoms with Crippen molar-refractivity contribution in [3.63, 3.8) is 0 Å². The summed E-state index contributed by atoms with van der Waals surface area (Å²) in [6.45, 7) is 1.23. The highest BCUT2D eigenvalue weighted by Gasteiger charge is 2.18. The van der Waals surface area contributed by atoms with Crippen LogP contribution < -0.4 is 10.6 Å². The summed E-state index contributed by atoms with van der Waals surface area (Å²) in [5, 5.41) is 22.2. The minimum absolute atomic E-state index is 0.230. The molecule has 0 rings (SSSR count). The van der Waals surface area contributed by atoms with Gasteiger partial charge in [-0.1, -0.05) is 63.3 Å². The molecular weight excluding hydrogens is 384 g/mol. The van der Waals surface area contributed by atoms with E-state index in [9.17, 15) is 14.4 Å². The number of carbonyl (C=O) groups excluding carboxylic acids is 2. The van der Waals surface area contributed by atoms with Gasteiger partial charge in [-0.25, -0.2) is 4.79 Å². The third-order valence-corrected chi connectivity index (χ3v) is 4.62. The molecule has 0 aliphatic rings. The number of carboxylic acids is 1. The van der Waals surface area contributed by atoms with Crippen LogP contribution in [0.5, 0.6) is 0 Å². The van der Waals surface area contributed by atoms with Crippen molar-refractivity contribution in [3.8, 4) is 0 Å². The van der Waals surface area contributed by atoms with Gasteiger partial charge >= 0.3 is 5.97 Å². The van der Waals surface area contributed by atoms with Crippen LogP contribution in [0.1, 0.15) is 84.0 Å². The molecule has 0 radical (unpaired) electrons. The molecule has 4 N–H and O–H groups in total. The van der Waals surface area contributed by atoms with E-state index in [1.807, 2.05) is 0 Å². The average molecular weight is 425 g/mol. The van der Waals surface area contributed by atoms with Crippen molar-refractivity contribution in [2.75, 3.05) is 13.2 Å².